The number of nitrogens with one attached hydrogen (secondary N) is 2. The number of quaternary nitrogens is 2. The molecule has 6 aromatic rings. The average molecular weight is 789 g/mol. The van der Waals surface area contributed by atoms with Gasteiger partial charge in [-0.2, -0.15) is 0 Å². The first kappa shape index (κ1) is 42.5. The van der Waals surface area contributed by atoms with Gasteiger partial charge in [-0.05, 0) is 140 Å². The third-order valence-electron chi connectivity index (χ3n) is 11.4. The first-order valence-corrected chi connectivity index (χ1v) is 20.3. The zero-order valence-corrected chi connectivity index (χ0v) is 35.7. The zero-order valence-electron chi connectivity index (χ0n) is 35.7. The monoisotopic (exact) mass is 788 g/mol. The van der Waals surface area contributed by atoms with Crippen molar-refractivity contribution in [3.63, 3.8) is 0 Å². The van der Waals surface area contributed by atoms with E-state index in [2.05, 4.69) is 78.7 Å². The van der Waals surface area contributed by atoms with Gasteiger partial charge in [0.05, 0.1) is 40.3 Å². The summed E-state index contributed by atoms with van der Waals surface area (Å²) in [4.78, 5) is 25.7. The van der Waals surface area contributed by atoms with E-state index in [1.807, 2.05) is 133 Å². The molecule has 0 unspecified atom stereocenters. The molecule has 0 spiro atoms. The third-order valence-corrected chi connectivity index (χ3v) is 11.4. The number of aryl methyl sites for hydroxylation is 1. The van der Waals surface area contributed by atoms with Crippen LogP contribution in [0.2, 0.25) is 0 Å². The minimum atomic E-state index is -0.151. The van der Waals surface area contributed by atoms with E-state index >= 15 is 0 Å². The van der Waals surface area contributed by atoms with Crippen LogP contribution < -0.4 is 20.1 Å². The maximum absolute atomic E-state index is 13.1. The molecular weight excluding hydrogens is 731 g/mol. The number of hydrogen-bond acceptors (Lipinski definition) is 4. The van der Waals surface area contributed by atoms with Crippen molar-refractivity contribution in [2.24, 2.45) is 0 Å². The number of rotatable bonds is 16. The maximum Gasteiger partial charge on any atom is 0.657 e. The normalized spacial score (nSPS) is 11.7. The van der Waals surface area contributed by atoms with Gasteiger partial charge in [0.1, 0.15) is 23.0 Å². The molecule has 8 nitrogen and oxygen atoms in total. The van der Waals surface area contributed by atoms with Crippen molar-refractivity contribution in [2.75, 3.05) is 38.8 Å². The van der Waals surface area contributed by atoms with Gasteiger partial charge in [0.25, 0.3) is 11.8 Å². The Labute approximate surface area is 350 Å². The Kier molecular flexibility index (Phi) is 13.1. The largest absolute Gasteiger partial charge is 0.657 e. The van der Waals surface area contributed by atoms with E-state index in [0.717, 1.165) is 46.9 Å². The number of carbonyl (C=O) groups is 2. The van der Waals surface area contributed by atoms with Gasteiger partial charge in [0.2, 0.25) is 0 Å². The van der Waals surface area contributed by atoms with Crippen molar-refractivity contribution < 1.29 is 27.9 Å². The fraction of sp³-hybridized carbons (Fsp3) is 0.240. The summed E-state index contributed by atoms with van der Waals surface area (Å²) in [6.45, 7) is 9.90. The fourth-order valence-electron chi connectivity index (χ4n) is 7.10. The van der Waals surface area contributed by atoms with Crippen LogP contribution in [0.15, 0.2) is 146 Å². The fourth-order valence-corrected chi connectivity index (χ4v) is 7.10. The van der Waals surface area contributed by atoms with Crippen molar-refractivity contribution >= 4 is 30.7 Å². The van der Waals surface area contributed by atoms with Gasteiger partial charge in [0.15, 0.2) is 0 Å². The lowest BCUT2D eigenvalue weighted by Gasteiger charge is -2.46. The molecule has 0 aliphatic carbocycles. The van der Waals surface area contributed by atoms with Crippen LogP contribution in [0.5, 0.6) is 23.0 Å². The van der Waals surface area contributed by atoms with E-state index in [4.69, 9.17) is 9.47 Å². The molecule has 0 heterocycles. The Balaban J connectivity index is 0.964. The van der Waals surface area contributed by atoms with Gasteiger partial charge in [-0.3, -0.25) is 9.59 Å². The van der Waals surface area contributed by atoms with Crippen LogP contribution in [0.3, 0.4) is 0 Å². The highest BCUT2D eigenvalue weighted by molar-refractivity contribution is 6.16. The summed E-state index contributed by atoms with van der Waals surface area (Å²) >= 11 is 0. The predicted molar refractivity (Wildman–Crippen MR) is 243 cm³/mol. The molecule has 0 fully saturated rings. The lowest BCUT2D eigenvalue weighted by molar-refractivity contribution is -0.923. The van der Waals surface area contributed by atoms with Gasteiger partial charge < -0.3 is 28.9 Å². The average Bonchev–Trinajstić information content (AvgIpc) is 3.22. The van der Waals surface area contributed by atoms with Crippen LogP contribution in [0.1, 0.15) is 66.0 Å². The summed E-state index contributed by atoms with van der Waals surface area (Å²) in [5.74, 6) is 2.46. The van der Waals surface area contributed by atoms with Crippen molar-refractivity contribution in [3.05, 3.63) is 168 Å². The van der Waals surface area contributed by atoms with E-state index in [9.17, 15) is 9.59 Å². The third kappa shape index (κ3) is 11.3. The molecule has 0 radical (unpaired) electrons. The summed E-state index contributed by atoms with van der Waals surface area (Å²) in [6.07, 6.45) is 2.05. The van der Waals surface area contributed by atoms with Crippen LogP contribution in [0, 0.1) is 0 Å². The molecule has 0 atom stereocenters. The number of carbonyl (C=O) groups excluding carboxylic acids is 2. The Hall–Kier alpha value is -6.16. The number of anilines is 2. The van der Waals surface area contributed by atoms with E-state index in [-0.39, 0.29) is 17.4 Å². The van der Waals surface area contributed by atoms with Crippen molar-refractivity contribution in [3.8, 4) is 34.1 Å². The van der Waals surface area contributed by atoms with E-state index in [0.29, 0.717) is 45.5 Å². The molecule has 302 valence electrons. The molecule has 59 heavy (non-hydrogen) atoms. The van der Waals surface area contributed by atoms with Gasteiger partial charge >= 0.3 is 7.55 Å². The number of hydrogen-bond donors (Lipinski definition) is 2. The number of ether oxygens (including phenoxy) is 2. The molecule has 0 aliphatic rings. The summed E-state index contributed by atoms with van der Waals surface area (Å²) < 4.78 is 14.0. The van der Waals surface area contributed by atoms with Crippen molar-refractivity contribution in [1.82, 2.24) is 0 Å². The van der Waals surface area contributed by atoms with E-state index < -0.39 is 0 Å². The molecule has 2 amide bonds. The highest BCUT2D eigenvalue weighted by atomic mass is 16.5. The highest BCUT2D eigenvalue weighted by Gasteiger charge is 2.44. The molecule has 0 aliphatic heterocycles. The van der Waals surface area contributed by atoms with Crippen LogP contribution in [0.4, 0.5) is 11.4 Å². The molecular formula is C50H57BN4O4+2. The van der Waals surface area contributed by atoms with Crippen LogP contribution >= 0.6 is 0 Å². The molecule has 2 N–H and O–H groups in total. The number of nitrogens with zero attached hydrogens (tertiary/aromatic N) is 2. The molecule has 0 saturated heterocycles. The second-order valence-electron chi connectivity index (χ2n) is 17.0. The lowest BCUT2D eigenvalue weighted by Crippen LogP contribution is -2.66. The first-order valence-electron chi connectivity index (χ1n) is 20.3. The highest BCUT2D eigenvalue weighted by Crippen LogP contribution is 2.30. The van der Waals surface area contributed by atoms with Gasteiger partial charge in [-0.15, -0.1) is 0 Å². The van der Waals surface area contributed by atoms with Gasteiger partial charge in [-0.1, -0.05) is 62.4 Å². The molecule has 6 rings (SSSR count). The number of amides is 2. The predicted octanol–water partition coefficient (Wildman–Crippen LogP) is 11.1. The minimum absolute atomic E-state index is 0.147. The molecule has 0 aromatic heterocycles. The van der Waals surface area contributed by atoms with Gasteiger partial charge in [-0.25, -0.2) is 0 Å². The summed E-state index contributed by atoms with van der Waals surface area (Å²) in [5, 5.41) is 5.94. The SMILES string of the molecule is CCc1ccc(C(=O)Nc2ccc(Oc3ccc(-c4ccc(Oc5ccc(NC(=O)c6ccc(C[N+](C)(C)B[N+](C)(C)C(C)(C)CC)cc6)cc5)cc4)cc3)cc2)cc1. The smallest absolute Gasteiger partial charge is 0.457 e. The zero-order chi connectivity index (χ0) is 42.2. The van der Waals surface area contributed by atoms with Crippen LogP contribution in [-0.4, -0.2) is 61.9 Å². The van der Waals surface area contributed by atoms with Crippen LogP contribution in [-0.2, 0) is 13.0 Å². The molecule has 6 aromatic carbocycles. The second-order valence-corrected chi connectivity index (χ2v) is 17.0. The van der Waals surface area contributed by atoms with Crippen molar-refractivity contribution in [1.29, 1.82) is 0 Å². The second kappa shape index (κ2) is 18.2. The Bertz CT molecular complexity index is 2320. The van der Waals surface area contributed by atoms with Crippen molar-refractivity contribution in [2.45, 2.75) is 52.6 Å². The first-order chi connectivity index (χ1) is 28.1. The topological polar surface area (TPSA) is 76.7 Å². The molecule has 0 bridgehead atoms. The maximum atomic E-state index is 13.1. The Morgan fingerprint density at radius 2 is 0.881 bits per heavy atom. The Morgan fingerprint density at radius 1 is 0.525 bits per heavy atom. The summed E-state index contributed by atoms with van der Waals surface area (Å²) in [5.41, 5.74) is 7.30. The quantitative estimate of drug-likeness (QED) is 0.0958. The van der Waals surface area contributed by atoms with Gasteiger partial charge in [0, 0.05) is 28.1 Å². The number of benzene rings is 6. The van der Waals surface area contributed by atoms with E-state index in [1.54, 1.807) is 0 Å². The van der Waals surface area contributed by atoms with Crippen LogP contribution in [0.25, 0.3) is 11.1 Å². The lowest BCUT2D eigenvalue weighted by atomic mass is 9.84. The molecule has 9 heteroatoms. The standard InChI is InChI=1S/C50H55BN4O4/c1-9-36-11-15-40(16-12-36)48(56)52-42-23-31-46(32-24-42)58-44-27-19-38(20-28-44)39-21-29-45(30-22-39)59-47-33-25-43(26-34-47)53-49(57)41-17-13-37(14-18-41)35-54(5,6)51-55(7,8)50(3,4)10-2/h11-34,51H,9-10,35H2,1-8H3/p+2. The molecule has 0 saturated carbocycles. The van der Waals surface area contributed by atoms with E-state index in [1.165, 1.54) is 11.1 Å². The summed E-state index contributed by atoms with van der Waals surface area (Å²) in [7, 11) is 10.2. The minimum Gasteiger partial charge on any atom is -0.457 e. The summed E-state index contributed by atoms with van der Waals surface area (Å²) in [6, 6.07) is 46.1. The Morgan fingerprint density at radius 3 is 1.24 bits per heavy atom.